The molecule has 0 saturated carbocycles. The van der Waals surface area contributed by atoms with Crippen molar-refractivity contribution >= 4 is 23.4 Å². The molecule has 1 aromatic rings. The molecule has 4 nitrogen and oxygen atoms in total. The number of nitrogens with zero attached hydrogens (tertiary/aromatic N) is 2. The number of carbonyl (C=O) groups excluding carboxylic acids is 2. The zero-order valence-electron chi connectivity index (χ0n) is 12.3. The molecule has 0 aliphatic carbocycles. The quantitative estimate of drug-likeness (QED) is 0.788. The van der Waals surface area contributed by atoms with Gasteiger partial charge in [0, 0.05) is 44.0 Å². The maximum atomic E-state index is 12.5. The van der Waals surface area contributed by atoms with Crippen molar-refractivity contribution in [2.75, 3.05) is 32.1 Å². The van der Waals surface area contributed by atoms with Gasteiger partial charge in [-0.3, -0.25) is 9.59 Å². The van der Waals surface area contributed by atoms with Gasteiger partial charge in [0.2, 0.25) is 5.91 Å². The van der Waals surface area contributed by atoms with Gasteiger partial charge < -0.3 is 9.80 Å². The monoisotopic (exact) mass is 348 g/mol. The molecule has 126 valence electrons. The van der Waals surface area contributed by atoms with Crippen molar-refractivity contribution in [1.82, 2.24) is 9.80 Å². The van der Waals surface area contributed by atoms with Gasteiger partial charge in [0.15, 0.2) is 0 Å². The number of alkyl halides is 4. The molecule has 2 rings (SSSR count). The maximum Gasteiger partial charge on any atom is 0.416 e. The zero-order chi connectivity index (χ0) is 17.0. The molecule has 0 unspecified atom stereocenters. The van der Waals surface area contributed by atoms with E-state index in [0.717, 1.165) is 12.1 Å². The Balaban J connectivity index is 1.96. The fraction of sp³-hybridized carbons (Fsp3) is 0.467. The molecule has 0 atom stereocenters. The fourth-order valence-electron chi connectivity index (χ4n) is 2.38. The second-order valence-electron chi connectivity index (χ2n) is 5.19. The highest BCUT2D eigenvalue weighted by Crippen LogP contribution is 2.29. The topological polar surface area (TPSA) is 40.6 Å². The van der Waals surface area contributed by atoms with Crippen LogP contribution in [0, 0.1) is 0 Å². The first-order valence-corrected chi connectivity index (χ1v) is 7.66. The minimum Gasteiger partial charge on any atom is -0.339 e. The molecule has 0 radical (unpaired) electrons. The van der Waals surface area contributed by atoms with Crippen molar-refractivity contribution in [3.63, 3.8) is 0 Å². The molecule has 1 saturated heterocycles. The van der Waals surface area contributed by atoms with Crippen LogP contribution in [0.5, 0.6) is 0 Å². The molecule has 0 spiro atoms. The van der Waals surface area contributed by atoms with Crippen LogP contribution in [0.1, 0.15) is 22.3 Å². The Bertz CT molecular complexity index is 567. The molecule has 0 N–H and O–H groups in total. The van der Waals surface area contributed by atoms with Gasteiger partial charge in [-0.2, -0.15) is 13.2 Å². The summed E-state index contributed by atoms with van der Waals surface area (Å²) in [5, 5.41) is 0. The Kier molecular flexibility index (Phi) is 5.51. The predicted molar refractivity (Wildman–Crippen MR) is 79.3 cm³/mol. The smallest absolute Gasteiger partial charge is 0.339 e. The molecule has 8 heteroatoms. The summed E-state index contributed by atoms with van der Waals surface area (Å²) in [5.74, 6) is -0.131. The Morgan fingerprint density at radius 2 is 1.52 bits per heavy atom. The normalized spacial score (nSPS) is 15.7. The first-order chi connectivity index (χ1) is 10.8. The van der Waals surface area contributed by atoms with E-state index in [1.807, 2.05) is 0 Å². The van der Waals surface area contributed by atoms with E-state index in [9.17, 15) is 22.8 Å². The van der Waals surface area contributed by atoms with E-state index in [1.54, 1.807) is 4.90 Å². The molecule has 1 fully saturated rings. The van der Waals surface area contributed by atoms with Crippen LogP contribution in [0.2, 0.25) is 0 Å². The van der Waals surface area contributed by atoms with E-state index in [2.05, 4.69) is 0 Å². The summed E-state index contributed by atoms with van der Waals surface area (Å²) in [4.78, 5) is 27.2. The van der Waals surface area contributed by atoms with Crippen LogP contribution in [0.4, 0.5) is 13.2 Å². The van der Waals surface area contributed by atoms with Gasteiger partial charge in [0.25, 0.3) is 5.91 Å². The number of halogens is 4. The SMILES string of the molecule is O=C(CCCl)N1CCN(C(=O)c2ccc(C(F)(F)F)cc2)CC1. The van der Waals surface area contributed by atoms with Crippen LogP contribution < -0.4 is 0 Å². The van der Waals surface area contributed by atoms with Crippen LogP contribution in [0.3, 0.4) is 0 Å². The number of benzene rings is 1. The number of piperazine rings is 1. The van der Waals surface area contributed by atoms with Gasteiger partial charge in [-0.15, -0.1) is 11.6 Å². The van der Waals surface area contributed by atoms with Crippen molar-refractivity contribution in [2.24, 2.45) is 0 Å². The summed E-state index contributed by atoms with van der Waals surface area (Å²) >= 11 is 5.53. The van der Waals surface area contributed by atoms with Gasteiger partial charge in [-0.05, 0) is 24.3 Å². The van der Waals surface area contributed by atoms with Crippen LogP contribution in [-0.4, -0.2) is 53.7 Å². The Morgan fingerprint density at radius 1 is 1.00 bits per heavy atom. The maximum absolute atomic E-state index is 12.5. The van der Waals surface area contributed by atoms with Crippen molar-refractivity contribution < 1.29 is 22.8 Å². The molecule has 1 aliphatic rings. The van der Waals surface area contributed by atoms with Crippen LogP contribution in [0.15, 0.2) is 24.3 Å². The fourth-order valence-corrected chi connectivity index (χ4v) is 2.54. The van der Waals surface area contributed by atoms with E-state index in [0.29, 0.717) is 26.2 Å². The van der Waals surface area contributed by atoms with Crippen molar-refractivity contribution in [2.45, 2.75) is 12.6 Å². The molecule has 1 heterocycles. The lowest BCUT2D eigenvalue weighted by atomic mass is 10.1. The number of amides is 2. The summed E-state index contributed by atoms with van der Waals surface area (Å²) in [5.41, 5.74) is -0.580. The minimum absolute atomic E-state index is 0.0540. The second-order valence-corrected chi connectivity index (χ2v) is 5.57. The standard InChI is InChI=1S/C15H16ClF3N2O2/c16-6-5-13(22)20-7-9-21(10-8-20)14(23)11-1-3-12(4-2-11)15(17,18)19/h1-4H,5-10H2. The van der Waals surface area contributed by atoms with Crippen LogP contribution in [0.25, 0.3) is 0 Å². The number of rotatable bonds is 3. The Labute approximate surface area is 136 Å². The molecular formula is C15H16ClF3N2O2. The summed E-state index contributed by atoms with van der Waals surface area (Å²) in [6, 6.07) is 4.15. The zero-order valence-corrected chi connectivity index (χ0v) is 13.0. The van der Waals surface area contributed by atoms with E-state index >= 15 is 0 Å². The van der Waals surface area contributed by atoms with Crippen molar-refractivity contribution in [1.29, 1.82) is 0 Å². The largest absolute Gasteiger partial charge is 0.416 e. The van der Waals surface area contributed by atoms with E-state index in [-0.39, 0.29) is 29.7 Å². The lowest BCUT2D eigenvalue weighted by Crippen LogP contribution is -2.50. The lowest BCUT2D eigenvalue weighted by Gasteiger charge is -2.34. The molecule has 1 aliphatic heterocycles. The highest BCUT2D eigenvalue weighted by molar-refractivity contribution is 6.18. The molecule has 23 heavy (non-hydrogen) atoms. The molecule has 1 aromatic carbocycles. The Morgan fingerprint density at radius 3 is 2.00 bits per heavy atom. The molecule has 0 bridgehead atoms. The van der Waals surface area contributed by atoms with E-state index in [1.165, 1.54) is 17.0 Å². The first kappa shape index (κ1) is 17.6. The molecular weight excluding hydrogens is 333 g/mol. The van der Waals surface area contributed by atoms with Crippen LogP contribution in [-0.2, 0) is 11.0 Å². The minimum atomic E-state index is -4.42. The van der Waals surface area contributed by atoms with Crippen molar-refractivity contribution in [3.05, 3.63) is 35.4 Å². The third-order valence-corrected chi connectivity index (χ3v) is 3.88. The molecule has 0 aromatic heterocycles. The third-order valence-electron chi connectivity index (χ3n) is 3.69. The average molecular weight is 349 g/mol. The predicted octanol–water partition coefficient (Wildman–Crippen LogP) is 2.62. The highest BCUT2D eigenvalue weighted by atomic mass is 35.5. The third kappa shape index (κ3) is 4.37. The Hall–Kier alpha value is -1.76. The van der Waals surface area contributed by atoms with Gasteiger partial charge >= 0.3 is 6.18 Å². The number of hydrogen-bond acceptors (Lipinski definition) is 2. The van der Waals surface area contributed by atoms with Crippen LogP contribution >= 0.6 is 11.6 Å². The summed E-state index contributed by atoms with van der Waals surface area (Å²) in [7, 11) is 0. The van der Waals surface area contributed by atoms with Gasteiger partial charge in [0.1, 0.15) is 0 Å². The summed E-state index contributed by atoms with van der Waals surface area (Å²) in [6.45, 7) is 1.52. The second kappa shape index (κ2) is 7.21. The summed E-state index contributed by atoms with van der Waals surface area (Å²) in [6.07, 6.45) is -4.16. The number of carbonyl (C=O) groups is 2. The van der Waals surface area contributed by atoms with E-state index in [4.69, 9.17) is 11.6 Å². The van der Waals surface area contributed by atoms with Gasteiger partial charge in [0.05, 0.1) is 5.56 Å². The van der Waals surface area contributed by atoms with Gasteiger partial charge in [-0.1, -0.05) is 0 Å². The highest BCUT2D eigenvalue weighted by Gasteiger charge is 2.31. The summed E-state index contributed by atoms with van der Waals surface area (Å²) < 4.78 is 37.5. The first-order valence-electron chi connectivity index (χ1n) is 7.13. The van der Waals surface area contributed by atoms with E-state index < -0.39 is 11.7 Å². The van der Waals surface area contributed by atoms with Gasteiger partial charge in [-0.25, -0.2) is 0 Å². The molecule has 2 amide bonds. The lowest BCUT2D eigenvalue weighted by molar-refractivity contribution is -0.137. The number of hydrogen-bond donors (Lipinski definition) is 0. The average Bonchev–Trinajstić information content (AvgIpc) is 2.54. The van der Waals surface area contributed by atoms with Crippen molar-refractivity contribution in [3.8, 4) is 0 Å².